The Hall–Kier alpha value is -1.26. The largest absolute Gasteiger partial charge is 0.478 e. The second kappa shape index (κ2) is 7.24. The van der Waals surface area contributed by atoms with Crippen LogP contribution in [0.5, 0.6) is 0 Å². The first-order valence-corrected chi connectivity index (χ1v) is 6.41. The molecule has 0 aliphatic rings. The summed E-state index contributed by atoms with van der Waals surface area (Å²) in [6.07, 6.45) is 0. The molecule has 0 unspecified atom stereocenters. The van der Waals surface area contributed by atoms with Crippen molar-refractivity contribution in [2.45, 2.75) is 0 Å². The molecule has 0 spiro atoms. The zero-order chi connectivity index (χ0) is 13.5. The molecule has 1 amide bonds. The predicted octanol–water partition coefficient (Wildman–Crippen LogP) is 2.30. The van der Waals surface area contributed by atoms with Gasteiger partial charge in [-0.3, -0.25) is 4.79 Å². The molecule has 4 nitrogen and oxygen atoms in total. The lowest BCUT2D eigenvalue weighted by Gasteiger charge is -2.20. The SMILES string of the molecule is O=C(O)c1cccc(C(=O)N(CCCl)CCCl)c1. The molecule has 0 radical (unpaired) electrons. The van der Waals surface area contributed by atoms with E-state index in [1.165, 1.54) is 23.1 Å². The third kappa shape index (κ3) is 3.89. The third-order valence-electron chi connectivity index (χ3n) is 2.35. The minimum Gasteiger partial charge on any atom is -0.478 e. The van der Waals surface area contributed by atoms with Crippen molar-refractivity contribution >= 4 is 35.1 Å². The van der Waals surface area contributed by atoms with E-state index in [2.05, 4.69) is 0 Å². The molecule has 0 fully saturated rings. The van der Waals surface area contributed by atoms with E-state index in [1.807, 2.05) is 0 Å². The first-order chi connectivity index (χ1) is 8.60. The van der Waals surface area contributed by atoms with Crippen molar-refractivity contribution in [2.75, 3.05) is 24.8 Å². The minimum atomic E-state index is -1.06. The molecule has 0 saturated carbocycles. The molecule has 0 aliphatic carbocycles. The number of hydrogen-bond donors (Lipinski definition) is 1. The summed E-state index contributed by atoms with van der Waals surface area (Å²) >= 11 is 11.2. The number of carbonyl (C=O) groups excluding carboxylic acids is 1. The summed E-state index contributed by atoms with van der Waals surface area (Å²) in [4.78, 5) is 24.4. The van der Waals surface area contributed by atoms with Crippen molar-refractivity contribution < 1.29 is 14.7 Å². The van der Waals surface area contributed by atoms with Crippen LogP contribution in [0.4, 0.5) is 0 Å². The highest BCUT2D eigenvalue weighted by Crippen LogP contribution is 2.09. The summed E-state index contributed by atoms with van der Waals surface area (Å²) in [5.74, 6) is -0.715. The Morgan fingerprint density at radius 2 is 1.67 bits per heavy atom. The highest BCUT2D eigenvalue weighted by Gasteiger charge is 2.16. The molecule has 1 rings (SSSR count). The zero-order valence-electron chi connectivity index (χ0n) is 9.60. The number of nitrogens with zero attached hydrogens (tertiary/aromatic N) is 1. The van der Waals surface area contributed by atoms with Gasteiger partial charge >= 0.3 is 5.97 Å². The van der Waals surface area contributed by atoms with Crippen molar-refractivity contribution in [1.29, 1.82) is 0 Å². The number of carbonyl (C=O) groups is 2. The van der Waals surface area contributed by atoms with Gasteiger partial charge in [-0.2, -0.15) is 0 Å². The normalized spacial score (nSPS) is 10.1. The van der Waals surface area contributed by atoms with Crippen LogP contribution in [0.15, 0.2) is 24.3 Å². The molecule has 98 valence electrons. The van der Waals surface area contributed by atoms with Gasteiger partial charge in [0.2, 0.25) is 0 Å². The number of amides is 1. The Labute approximate surface area is 115 Å². The second-order valence-corrected chi connectivity index (χ2v) is 4.31. The van der Waals surface area contributed by atoms with Crippen LogP contribution in [-0.2, 0) is 0 Å². The third-order valence-corrected chi connectivity index (χ3v) is 2.69. The summed E-state index contributed by atoms with van der Waals surface area (Å²) in [6.45, 7) is 0.759. The summed E-state index contributed by atoms with van der Waals surface area (Å²) in [7, 11) is 0. The molecule has 18 heavy (non-hydrogen) atoms. The molecule has 0 aromatic heterocycles. The molecule has 0 saturated heterocycles. The second-order valence-electron chi connectivity index (χ2n) is 3.56. The summed E-state index contributed by atoms with van der Waals surface area (Å²) < 4.78 is 0. The molecular weight excluding hydrogens is 277 g/mol. The fourth-order valence-corrected chi connectivity index (χ4v) is 1.89. The average molecular weight is 290 g/mol. The zero-order valence-corrected chi connectivity index (χ0v) is 11.1. The highest BCUT2D eigenvalue weighted by molar-refractivity contribution is 6.18. The van der Waals surface area contributed by atoms with E-state index < -0.39 is 5.97 Å². The molecule has 6 heteroatoms. The van der Waals surface area contributed by atoms with Gasteiger partial charge in [-0.05, 0) is 18.2 Å². The Morgan fingerprint density at radius 3 is 2.17 bits per heavy atom. The van der Waals surface area contributed by atoms with Crippen LogP contribution in [0.2, 0.25) is 0 Å². The van der Waals surface area contributed by atoms with E-state index in [-0.39, 0.29) is 11.5 Å². The van der Waals surface area contributed by atoms with E-state index in [9.17, 15) is 9.59 Å². The molecule has 0 heterocycles. The number of halogens is 2. The lowest BCUT2D eigenvalue weighted by Crippen LogP contribution is -2.34. The average Bonchev–Trinajstić information content (AvgIpc) is 2.38. The van der Waals surface area contributed by atoms with E-state index in [4.69, 9.17) is 28.3 Å². The fourth-order valence-electron chi connectivity index (χ4n) is 1.49. The summed E-state index contributed by atoms with van der Waals surface area (Å²) in [6, 6.07) is 5.90. The summed E-state index contributed by atoms with van der Waals surface area (Å²) in [5, 5.41) is 8.87. The van der Waals surface area contributed by atoms with Gasteiger partial charge < -0.3 is 10.0 Å². The maximum absolute atomic E-state index is 12.1. The molecule has 0 atom stereocenters. The van der Waals surface area contributed by atoms with E-state index in [0.717, 1.165) is 0 Å². The van der Waals surface area contributed by atoms with Gasteiger partial charge in [0.1, 0.15) is 0 Å². The van der Waals surface area contributed by atoms with E-state index >= 15 is 0 Å². The van der Waals surface area contributed by atoms with Crippen molar-refractivity contribution in [1.82, 2.24) is 4.90 Å². The Morgan fingerprint density at radius 1 is 1.11 bits per heavy atom. The molecule has 1 aromatic rings. The van der Waals surface area contributed by atoms with Crippen LogP contribution in [0.3, 0.4) is 0 Å². The lowest BCUT2D eigenvalue weighted by molar-refractivity contribution is 0.0697. The molecule has 0 bridgehead atoms. The smallest absolute Gasteiger partial charge is 0.335 e. The molecule has 1 N–H and O–H groups in total. The number of benzene rings is 1. The van der Waals surface area contributed by atoms with Gasteiger partial charge in [0.05, 0.1) is 5.56 Å². The topological polar surface area (TPSA) is 57.6 Å². The van der Waals surface area contributed by atoms with Crippen LogP contribution in [-0.4, -0.2) is 46.7 Å². The first-order valence-electron chi connectivity index (χ1n) is 5.34. The molecule has 0 aliphatic heterocycles. The van der Waals surface area contributed by atoms with E-state index in [0.29, 0.717) is 30.4 Å². The van der Waals surface area contributed by atoms with Crippen molar-refractivity contribution in [3.63, 3.8) is 0 Å². The first kappa shape index (κ1) is 14.8. The van der Waals surface area contributed by atoms with Gasteiger partial charge in [0, 0.05) is 30.4 Å². The van der Waals surface area contributed by atoms with Crippen molar-refractivity contribution in [3.05, 3.63) is 35.4 Å². The number of aromatic carboxylic acids is 1. The number of hydrogen-bond acceptors (Lipinski definition) is 2. The molecular formula is C12H13Cl2NO3. The van der Waals surface area contributed by atoms with Gasteiger partial charge in [-0.25, -0.2) is 4.79 Å². The standard InChI is InChI=1S/C12H13Cl2NO3/c13-4-6-15(7-5-14)11(16)9-2-1-3-10(8-9)12(17)18/h1-3,8H,4-7H2,(H,17,18). The number of rotatable bonds is 6. The maximum atomic E-state index is 12.1. The lowest BCUT2D eigenvalue weighted by atomic mass is 10.1. The van der Waals surface area contributed by atoms with Crippen LogP contribution in [0.1, 0.15) is 20.7 Å². The van der Waals surface area contributed by atoms with E-state index in [1.54, 1.807) is 6.07 Å². The minimum absolute atomic E-state index is 0.0811. The quantitative estimate of drug-likeness (QED) is 0.818. The molecule has 1 aromatic carbocycles. The van der Waals surface area contributed by atoms with Crippen LogP contribution in [0.25, 0.3) is 0 Å². The van der Waals surface area contributed by atoms with Gasteiger partial charge in [0.15, 0.2) is 0 Å². The van der Waals surface area contributed by atoms with Crippen molar-refractivity contribution in [3.8, 4) is 0 Å². The highest BCUT2D eigenvalue weighted by atomic mass is 35.5. The number of alkyl halides is 2. The predicted molar refractivity (Wildman–Crippen MR) is 70.7 cm³/mol. The van der Waals surface area contributed by atoms with Crippen LogP contribution < -0.4 is 0 Å². The maximum Gasteiger partial charge on any atom is 0.335 e. The van der Waals surface area contributed by atoms with Crippen LogP contribution >= 0.6 is 23.2 Å². The number of carboxylic acids is 1. The van der Waals surface area contributed by atoms with Gasteiger partial charge in [-0.15, -0.1) is 23.2 Å². The monoisotopic (exact) mass is 289 g/mol. The van der Waals surface area contributed by atoms with Gasteiger partial charge in [-0.1, -0.05) is 6.07 Å². The van der Waals surface area contributed by atoms with Crippen molar-refractivity contribution in [2.24, 2.45) is 0 Å². The van der Waals surface area contributed by atoms with Gasteiger partial charge in [0.25, 0.3) is 5.91 Å². The summed E-state index contributed by atoms with van der Waals surface area (Å²) in [5.41, 5.74) is 0.405. The Bertz CT molecular complexity index is 431. The fraction of sp³-hybridized carbons (Fsp3) is 0.333. The van der Waals surface area contributed by atoms with Crippen LogP contribution in [0, 0.1) is 0 Å². The Balaban J connectivity index is 2.93. The number of carboxylic acid groups (broad SMARTS) is 1. The Kier molecular flexibility index (Phi) is 5.95.